The van der Waals surface area contributed by atoms with Crippen molar-refractivity contribution in [2.24, 2.45) is 17.3 Å². The Morgan fingerprint density at radius 3 is 2.35 bits per heavy atom. The van der Waals surface area contributed by atoms with Gasteiger partial charge in [-0.05, 0) is 5.41 Å². The second-order valence-corrected chi connectivity index (χ2v) is 6.70. The number of carboxylic acid groups (broad SMARTS) is 1. The third kappa shape index (κ3) is 3.06. The van der Waals surface area contributed by atoms with Crippen molar-refractivity contribution in [3.63, 3.8) is 0 Å². The second kappa shape index (κ2) is 5.16. The van der Waals surface area contributed by atoms with Crippen molar-refractivity contribution in [2.45, 2.75) is 20.8 Å². The number of carbonyl (C=O) groups is 2. The second-order valence-electron chi connectivity index (χ2n) is 4.84. The summed E-state index contributed by atoms with van der Waals surface area (Å²) in [6, 6.07) is 0. The largest absolute Gasteiger partial charge is 0.481 e. The molecule has 0 aromatic rings. The Morgan fingerprint density at radius 1 is 1.35 bits per heavy atom. The Hall–Kier alpha value is -0.910. The van der Waals surface area contributed by atoms with Gasteiger partial charge in [0, 0.05) is 28.9 Å². The van der Waals surface area contributed by atoms with Crippen LogP contribution in [0, 0.1) is 17.3 Å². The first-order valence-electron chi connectivity index (χ1n) is 5.67. The Morgan fingerprint density at radius 2 is 1.94 bits per heavy atom. The van der Waals surface area contributed by atoms with E-state index in [2.05, 4.69) is 5.32 Å². The summed E-state index contributed by atoms with van der Waals surface area (Å²) in [5.41, 5.74) is -0.472. The van der Waals surface area contributed by atoms with Gasteiger partial charge in [0.25, 0.3) is 0 Å². The highest BCUT2D eigenvalue weighted by Crippen LogP contribution is 2.58. The quantitative estimate of drug-likeness (QED) is 0.717. The summed E-state index contributed by atoms with van der Waals surface area (Å²) in [5.74, 6) is -1.23. The summed E-state index contributed by atoms with van der Waals surface area (Å²) in [4.78, 5) is 22.6. The van der Waals surface area contributed by atoms with E-state index in [1.807, 2.05) is 6.92 Å². The molecule has 1 amide bonds. The standard InChI is InChI=1S/C11H19NO4S/c1-4-17(16)6-5-12-9(13)7-8(10(14)15)11(7,2)3/h7-8H,4-6H2,1-3H3,(H,12,13)(H,14,15). The molecule has 0 heterocycles. The molecule has 6 heteroatoms. The maximum atomic E-state index is 11.7. The Bertz CT molecular complexity index is 353. The summed E-state index contributed by atoms with van der Waals surface area (Å²) in [6.07, 6.45) is 0. The van der Waals surface area contributed by atoms with E-state index in [9.17, 15) is 13.8 Å². The van der Waals surface area contributed by atoms with Gasteiger partial charge in [-0.25, -0.2) is 0 Å². The minimum absolute atomic E-state index is 0.240. The fraction of sp³-hybridized carbons (Fsp3) is 0.818. The highest BCUT2D eigenvalue weighted by Gasteiger charge is 2.65. The van der Waals surface area contributed by atoms with E-state index < -0.39 is 34.0 Å². The number of hydrogen-bond acceptors (Lipinski definition) is 3. The monoisotopic (exact) mass is 261 g/mol. The van der Waals surface area contributed by atoms with Crippen molar-refractivity contribution in [3.8, 4) is 0 Å². The lowest BCUT2D eigenvalue weighted by Gasteiger charge is -2.05. The van der Waals surface area contributed by atoms with Crippen molar-refractivity contribution in [2.75, 3.05) is 18.1 Å². The predicted octanol–water partition coefficient (Wildman–Crippen LogP) is 0.228. The van der Waals surface area contributed by atoms with Crippen LogP contribution in [-0.4, -0.2) is 39.2 Å². The zero-order chi connectivity index (χ0) is 13.2. The molecule has 5 nitrogen and oxygen atoms in total. The van der Waals surface area contributed by atoms with Crippen LogP contribution >= 0.6 is 0 Å². The molecule has 0 aromatic carbocycles. The van der Waals surface area contributed by atoms with Gasteiger partial charge in [-0.1, -0.05) is 20.8 Å². The van der Waals surface area contributed by atoms with Crippen LogP contribution in [0.1, 0.15) is 20.8 Å². The molecule has 0 aliphatic heterocycles. The summed E-state index contributed by atoms with van der Waals surface area (Å²) in [7, 11) is -0.904. The fourth-order valence-corrected chi connectivity index (χ4v) is 2.75. The van der Waals surface area contributed by atoms with Crippen LogP contribution in [0.5, 0.6) is 0 Å². The number of carbonyl (C=O) groups excluding carboxylic acids is 1. The molecule has 0 radical (unpaired) electrons. The summed E-state index contributed by atoms with van der Waals surface area (Å²) in [5, 5.41) is 11.6. The maximum Gasteiger partial charge on any atom is 0.307 e. The lowest BCUT2D eigenvalue weighted by molar-refractivity contribution is -0.140. The van der Waals surface area contributed by atoms with Gasteiger partial charge < -0.3 is 10.4 Å². The first kappa shape index (κ1) is 14.2. The minimum Gasteiger partial charge on any atom is -0.481 e. The van der Waals surface area contributed by atoms with Gasteiger partial charge in [-0.3, -0.25) is 13.8 Å². The van der Waals surface area contributed by atoms with Gasteiger partial charge in [0.15, 0.2) is 0 Å². The van der Waals surface area contributed by atoms with Crippen molar-refractivity contribution in [1.29, 1.82) is 0 Å². The van der Waals surface area contributed by atoms with Crippen LogP contribution < -0.4 is 5.32 Å². The average Bonchev–Trinajstić information content (AvgIpc) is 2.81. The van der Waals surface area contributed by atoms with E-state index in [-0.39, 0.29) is 5.91 Å². The van der Waals surface area contributed by atoms with Gasteiger partial charge >= 0.3 is 5.97 Å². The molecular formula is C11H19NO4S. The average molecular weight is 261 g/mol. The third-order valence-electron chi connectivity index (χ3n) is 3.33. The SMILES string of the molecule is CCS(=O)CCNC(=O)C1C(C(=O)O)C1(C)C. The zero-order valence-corrected chi connectivity index (χ0v) is 11.2. The predicted molar refractivity (Wildman–Crippen MR) is 65.0 cm³/mol. The molecule has 3 unspecified atom stereocenters. The molecule has 2 N–H and O–H groups in total. The van der Waals surface area contributed by atoms with E-state index in [1.165, 1.54) is 0 Å². The van der Waals surface area contributed by atoms with E-state index in [0.717, 1.165) is 0 Å². The van der Waals surface area contributed by atoms with Crippen molar-refractivity contribution in [3.05, 3.63) is 0 Å². The van der Waals surface area contributed by atoms with Gasteiger partial charge in [-0.2, -0.15) is 0 Å². The van der Waals surface area contributed by atoms with Crippen molar-refractivity contribution < 1.29 is 18.9 Å². The number of rotatable bonds is 6. The number of aliphatic carboxylic acids is 1. The van der Waals surface area contributed by atoms with Crippen molar-refractivity contribution >= 4 is 22.7 Å². The normalized spacial score (nSPS) is 27.2. The molecule has 1 aliphatic rings. The first-order chi connectivity index (χ1) is 7.82. The fourth-order valence-electron chi connectivity index (χ4n) is 2.13. The molecule has 3 atom stereocenters. The molecule has 0 saturated heterocycles. The highest BCUT2D eigenvalue weighted by atomic mass is 32.2. The lowest BCUT2D eigenvalue weighted by atomic mass is 10.1. The summed E-state index contributed by atoms with van der Waals surface area (Å²) in [6.45, 7) is 5.72. The van der Waals surface area contributed by atoms with Gasteiger partial charge in [0.05, 0.1) is 11.8 Å². The van der Waals surface area contributed by atoms with E-state index in [1.54, 1.807) is 13.8 Å². The van der Waals surface area contributed by atoms with Crippen LogP contribution in [-0.2, 0) is 20.4 Å². The van der Waals surface area contributed by atoms with Gasteiger partial charge in [0.1, 0.15) is 0 Å². The molecule has 17 heavy (non-hydrogen) atoms. The van der Waals surface area contributed by atoms with Crippen molar-refractivity contribution in [1.82, 2.24) is 5.32 Å². The van der Waals surface area contributed by atoms with Crippen LogP contribution in [0.4, 0.5) is 0 Å². The molecule has 0 bridgehead atoms. The molecule has 1 saturated carbocycles. The molecular weight excluding hydrogens is 242 g/mol. The Kier molecular flexibility index (Phi) is 4.30. The number of hydrogen-bond donors (Lipinski definition) is 2. The van der Waals surface area contributed by atoms with Crippen LogP contribution in [0.3, 0.4) is 0 Å². The highest BCUT2D eigenvalue weighted by molar-refractivity contribution is 7.84. The number of nitrogens with one attached hydrogen (secondary N) is 1. The van der Waals surface area contributed by atoms with Crippen LogP contribution in [0.15, 0.2) is 0 Å². The van der Waals surface area contributed by atoms with Crippen LogP contribution in [0.25, 0.3) is 0 Å². The minimum atomic E-state index is -0.924. The lowest BCUT2D eigenvalue weighted by Crippen LogP contribution is -2.31. The summed E-state index contributed by atoms with van der Waals surface area (Å²) >= 11 is 0. The zero-order valence-electron chi connectivity index (χ0n) is 10.4. The molecule has 98 valence electrons. The van der Waals surface area contributed by atoms with E-state index >= 15 is 0 Å². The molecule has 0 aromatic heterocycles. The topological polar surface area (TPSA) is 83.5 Å². The van der Waals surface area contributed by atoms with E-state index in [0.29, 0.717) is 18.1 Å². The Labute approximate surface area is 103 Å². The van der Waals surface area contributed by atoms with E-state index in [4.69, 9.17) is 5.11 Å². The third-order valence-corrected chi connectivity index (χ3v) is 4.63. The van der Waals surface area contributed by atoms with Crippen LogP contribution in [0.2, 0.25) is 0 Å². The summed E-state index contributed by atoms with van der Waals surface area (Å²) < 4.78 is 11.1. The molecule has 0 spiro atoms. The molecule has 1 rings (SSSR count). The van der Waals surface area contributed by atoms with Gasteiger partial charge in [-0.15, -0.1) is 0 Å². The van der Waals surface area contributed by atoms with Gasteiger partial charge in [0.2, 0.25) is 5.91 Å². The maximum absolute atomic E-state index is 11.7. The molecule has 1 fully saturated rings. The molecule has 1 aliphatic carbocycles. The smallest absolute Gasteiger partial charge is 0.307 e. The number of carboxylic acids is 1. The Balaban J connectivity index is 2.40. The number of amides is 1. The first-order valence-corrected chi connectivity index (χ1v) is 7.16.